The average Bonchev–Trinajstić information content (AvgIpc) is 2.92. The van der Waals surface area contributed by atoms with Crippen LogP contribution >= 0.6 is 11.6 Å². The first-order chi connectivity index (χ1) is 15.4. The average molecular weight is 452 g/mol. The number of anilines is 1. The Morgan fingerprint density at radius 1 is 1.03 bits per heavy atom. The smallest absolute Gasteiger partial charge is 0.253 e. The van der Waals surface area contributed by atoms with Gasteiger partial charge in [0.1, 0.15) is 24.2 Å². The van der Waals surface area contributed by atoms with Gasteiger partial charge < -0.3 is 19.1 Å². The van der Waals surface area contributed by atoms with E-state index in [0.717, 1.165) is 27.9 Å². The Kier molecular flexibility index (Phi) is 6.40. The summed E-state index contributed by atoms with van der Waals surface area (Å²) < 4.78 is 17.0. The number of carbonyl (C=O) groups excluding carboxylic acids is 1. The molecule has 166 valence electrons. The molecule has 1 atom stereocenters. The van der Waals surface area contributed by atoms with Crippen molar-refractivity contribution >= 4 is 23.2 Å². The molecule has 32 heavy (non-hydrogen) atoms. The molecule has 3 aromatic rings. The third kappa shape index (κ3) is 4.18. The highest BCUT2D eigenvalue weighted by atomic mass is 35.5. The van der Waals surface area contributed by atoms with Crippen LogP contribution in [-0.4, -0.2) is 26.7 Å². The van der Waals surface area contributed by atoms with Gasteiger partial charge in [-0.25, -0.2) is 0 Å². The third-order valence-corrected chi connectivity index (χ3v) is 6.22. The first kappa shape index (κ1) is 22.2. The van der Waals surface area contributed by atoms with Crippen LogP contribution < -0.4 is 14.4 Å². The van der Waals surface area contributed by atoms with Gasteiger partial charge in [0, 0.05) is 22.2 Å². The Hall–Kier alpha value is -3.02. The number of benzene rings is 3. The number of carbonyl (C=O) groups is 1. The molecular weight excluding hydrogens is 426 g/mol. The lowest BCUT2D eigenvalue weighted by Gasteiger charge is -2.25. The molecule has 0 unspecified atom stereocenters. The van der Waals surface area contributed by atoms with Gasteiger partial charge in [-0.15, -0.1) is 0 Å². The van der Waals surface area contributed by atoms with Crippen molar-refractivity contribution in [2.75, 3.05) is 25.7 Å². The highest BCUT2D eigenvalue weighted by molar-refractivity contribution is 6.30. The number of nitrogens with zero attached hydrogens (tertiary/aromatic N) is 1. The monoisotopic (exact) mass is 451 g/mol. The van der Waals surface area contributed by atoms with Crippen LogP contribution in [0.3, 0.4) is 0 Å². The summed E-state index contributed by atoms with van der Waals surface area (Å²) in [6, 6.07) is 17.3. The Morgan fingerprint density at radius 2 is 1.84 bits per heavy atom. The quantitative estimate of drug-likeness (QED) is 0.504. The zero-order valence-corrected chi connectivity index (χ0v) is 19.4. The summed E-state index contributed by atoms with van der Waals surface area (Å²) in [4.78, 5) is 15.0. The van der Waals surface area contributed by atoms with Crippen molar-refractivity contribution in [2.45, 2.75) is 26.5 Å². The number of methoxy groups -OCH3 is 2. The minimum absolute atomic E-state index is 0.0389. The minimum atomic E-state index is -0.393. The lowest BCUT2D eigenvalue weighted by atomic mass is 9.93. The zero-order chi connectivity index (χ0) is 22.8. The number of hydrogen-bond acceptors (Lipinski definition) is 4. The Balaban J connectivity index is 1.81. The molecule has 0 fully saturated rings. The van der Waals surface area contributed by atoms with Crippen molar-refractivity contribution in [1.29, 1.82) is 0 Å². The second-order valence-corrected chi connectivity index (χ2v) is 8.28. The predicted octanol–water partition coefficient (Wildman–Crippen LogP) is 5.63. The molecule has 0 N–H and O–H groups in total. The number of aryl methyl sites for hydroxylation is 1. The molecular formula is C26H26ClNO4. The molecule has 1 aliphatic heterocycles. The van der Waals surface area contributed by atoms with Crippen LogP contribution in [-0.2, 0) is 16.1 Å². The summed E-state index contributed by atoms with van der Waals surface area (Å²) in [5.74, 6) is 1.22. The molecule has 6 heteroatoms. The maximum absolute atomic E-state index is 13.2. The molecule has 0 bridgehead atoms. The fourth-order valence-corrected chi connectivity index (χ4v) is 4.26. The molecule has 3 aromatic carbocycles. The fourth-order valence-electron chi connectivity index (χ4n) is 4.08. The van der Waals surface area contributed by atoms with E-state index in [4.69, 9.17) is 25.8 Å². The van der Waals surface area contributed by atoms with Crippen molar-refractivity contribution in [1.82, 2.24) is 0 Å². The van der Waals surface area contributed by atoms with Crippen LogP contribution in [0.5, 0.6) is 11.5 Å². The van der Waals surface area contributed by atoms with Crippen LogP contribution in [0.1, 0.15) is 33.9 Å². The molecule has 1 amide bonds. The zero-order valence-electron chi connectivity index (χ0n) is 18.6. The molecule has 1 aliphatic rings. The van der Waals surface area contributed by atoms with E-state index in [1.165, 1.54) is 5.56 Å². The molecule has 0 saturated heterocycles. The van der Waals surface area contributed by atoms with E-state index in [2.05, 4.69) is 19.9 Å². The third-order valence-electron chi connectivity index (χ3n) is 5.99. The molecule has 1 heterocycles. The lowest BCUT2D eigenvalue weighted by molar-refractivity contribution is -0.123. The van der Waals surface area contributed by atoms with Crippen LogP contribution in [0.4, 0.5) is 5.69 Å². The van der Waals surface area contributed by atoms with E-state index in [1.54, 1.807) is 25.2 Å². The highest BCUT2D eigenvalue weighted by Gasteiger charge is 2.31. The summed E-state index contributed by atoms with van der Waals surface area (Å²) in [6.45, 7) is 4.44. The standard InChI is InChI=1S/C26H26ClNO4/c1-16-6-5-7-21(17(16)2)26-22-12-19(27)9-11-23(22)28(25(29)15-32-26)14-18-8-10-20(30-3)13-24(18)31-4/h5-13,26H,14-15H2,1-4H3/t26-/m1/s1. The molecule has 0 saturated carbocycles. The lowest BCUT2D eigenvalue weighted by Crippen LogP contribution is -2.32. The van der Waals surface area contributed by atoms with Crippen molar-refractivity contribution in [3.63, 3.8) is 0 Å². The number of rotatable bonds is 5. The van der Waals surface area contributed by atoms with E-state index in [9.17, 15) is 4.79 Å². The van der Waals surface area contributed by atoms with Gasteiger partial charge in [0.15, 0.2) is 0 Å². The maximum Gasteiger partial charge on any atom is 0.253 e. The van der Waals surface area contributed by atoms with Crippen LogP contribution in [0, 0.1) is 13.8 Å². The van der Waals surface area contributed by atoms with E-state index in [1.807, 2.05) is 42.5 Å². The van der Waals surface area contributed by atoms with Gasteiger partial charge in [-0.3, -0.25) is 4.79 Å². The molecule has 4 rings (SSSR count). The Morgan fingerprint density at radius 3 is 2.59 bits per heavy atom. The second kappa shape index (κ2) is 9.23. The van der Waals surface area contributed by atoms with Crippen LogP contribution in [0.15, 0.2) is 54.6 Å². The summed E-state index contributed by atoms with van der Waals surface area (Å²) in [5.41, 5.74) is 5.86. The maximum atomic E-state index is 13.2. The van der Waals surface area contributed by atoms with E-state index < -0.39 is 6.10 Å². The molecule has 0 aliphatic carbocycles. The summed E-state index contributed by atoms with van der Waals surface area (Å²) in [5, 5.41) is 0.596. The van der Waals surface area contributed by atoms with E-state index in [0.29, 0.717) is 23.1 Å². The number of fused-ring (bicyclic) bond motifs is 1. The molecule has 0 spiro atoms. The molecule has 0 aromatic heterocycles. The second-order valence-electron chi connectivity index (χ2n) is 7.84. The van der Waals surface area contributed by atoms with Crippen LogP contribution in [0.25, 0.3) is 0 Å². The Bertz CT molecular complexity index is 1160. The van der Waals surface area contributed by atoms with Gasteiger partial charge in [0.2, 0.25) is 0 Å². The number of amides is 1. The predicted molar refractivity (Wildman–Crippen MR) is 126 cm³/mol. The van der Waals surface area contributed by atoms with Gasteiger partial charge in [-0.05, 0) is 60.9 Å². The number of halogens is 1. The van der Waals surface area contributed by atoms with E-state index >= 15 is 0 Å². The number of hydrogen-bond donors (Lipinski definition) is 0. The summed E-state index contributed by atoms with van der Waals surface area (Å²) in [6.07, 6.45) is -0.393. The summed E-state index contributed by atoms with van der Waals surface area (Å²) >= 11 is 6.39. The fraction of sp³-hybridized carbons (Fsp3) is 0.269. The van der Waals surface area contributed by atoms with Crippen molar-refractivity contribution < 1.29 is 19.0 Å². The van der Waals surface area contributed by atoms with Crippen LogP contribution in [0.2, 0.25) is 5.02 Å². The highest BCUT2D eigenvalue weighted by Crippen LogP contribution is 2.40. The van der Waals surface area contributed by atoms with Gasteiger partial charge >= 0.3 is 0 Å². The number of ether oxygens (including phenoxy) is 3. The molecule has 5 nitrogen and oxygen atoms in total. The first-order valence-corrected chi connectivity index (χ1v) is 10.8. The van der Waals surface area contributed by atoms with Gasteiger partial charge in [0.05, 0.1) is 26.5 Å². The van der Waals surface area contributed by atoms with Gasteiger partial charge in [-0.1, -0.05) is 29.8 Å². The van der Waals surface area contributed by atoms with Crippen molar-refractivity contribution in [3.05, 3.63) is 87.4 Å². The normalized spacial score (nSPS) is 15.8. The Labute approximate surface area is 193 Å². The van der Waals surface area contributed by atoms with Gasteiger partial charge in [-0.2, -0.15) is 0 Å². The van der Waals surface area contributed by atoms with Crippen molar-refractivity contribution in [3.8, 4) is 11.5 Å². The topological polar surface area (TPSA) is 48.0 Å². The van der Waals surface area contributed by atoms with Gasteiger partial charge in [0.25, 0.3) is 5.91 Å². The van der Waals surface area contributed by atoms with Crippen molar-refractivity contribution in [2.24, 2.45) is 0 Å². The minimum Gasteiger partial charge on any atom is -0.497 e. The SMILES string of the molecule is COc1ccc(CN2C(=O)CO[C@H](c3cccc(C)c3C)c3cc(Cl)ccc32)c(OC)c1. The van der Waals surface area contributed by atoms with E-state index in [-0.39, 0.29) is 12.5 Å². The summed E-state index contributed by atoms with van der Waals surface area (Å²) in [7, 11) is 3.22. The largest absolute Gasteiger partial charge is 0.497 e. The first-order valence-electron chi connectivity index (χ1n) is 10.4. The molecule has 0 radical (unpaired) electrons.